The topological polar surface area (TPSA) is 26.3 Å². The van der Waals surface area contributed by atoms with Crippen LogP contribution < -0.4 is 0 Å². The number of unbranched alkanes of at least 4 members (excludes halogenated alkanes) is 14. The van der Waals surface area contributed by atoms with E-state index in [0.29, 0.717) is 6.47 Å². The van der Waals surface area contributed by atoms with Crippen molar-refractivity contribution in [1.29, 1.82) is 0 Å². The Labute approximate surface area is 132 Å². The van der Waals surface area contributed by atoms with Crippen LogP contribution in [-0.4, -0.2) is 6.47 Å². The Morgan fingerprint density at radius 3 is 1.52 bits per heavy atom. The quantitative estimate of drug-likeness (QED) is 0.173. The minimum atomic E-state index is 0.460. The van der Waals surface area contributed by atoms with Crippen LogP contribution in [0.15, 0.2) is 12.3 Å². The maximum absolute atomic E-state index is 9.89. The van der Waals surface area contributed by atoms with E-state index in [4.69, 9.17) is 0 Å². The molecule has 0 N–H and O–H groups in total. The third kappa shape index (κ3) is 19.2. The highest BCUT2D eigenvalue weighted by Gasteiger charge is 1.93. The first-order valence-electron chi connectivity index (χ1n) is 9.16. The normalized spacial score (nSPS) is 11.1. The van der Waals surface area contributed by atoms with Crippen molar-refractivity contribution in [2.24, 2.45) is 0 Å². The number of hydrogen-bond acceptors (Lipinski definition) is 2. The fourth-order valence-electron chi connectivity index (χ4n) is 2.61. The molecule has 0 saturated heterocycles. The first-order chi connectivity index (χ1) is 10.4. The Morgan fingerprint density at radius 2 is 1.10 bits per heavy atom. The standard InChI is InChI=1S/C19H36O2/c1-2-3-4-5-6-7-8-9-10-11-12-13-14-15-16-17-18-21-19-20/h17-19H,2-16H2,1H3/b18-17+. The molecule has 0 aromatic carbocycles. The van der Waals surface area contributed by atoms with E-state index >= 15 is 0 Å². The Hall–Kier alpha value is -0.790. The number of ether oxygens (including phenoxy) is 1. The summed E-state index contributed by atoms with van der Waals surface area (Å²) < 4.78 is 4.49. The Balaban J connectivity index is 2.98. The zero-order chi connectivity index (χ0) is 15.4. The zero-order valence-corrected chi connectivity index (χ0v) is 14.2. The van der Waals surface area contributed by atoms with Gasteiger partial charge in [-0.2, -0.15) is 0 Å². The molecule has 0 aromatic heterocycles. The molecule has 0 unspecified atom stereocenters. The maximum atomic E-state index is 9.89. The molecule has 0 bridgehead atoms. The first kappa shape index (κ1) is 20.2. The summed E-state index contributed by atoms with van der Waals surface area (Å²) in [6, 6.07) is 0. The van der Waals surface area contributed by atoms with Gasteiger partial charge in [0.05, 0.1) is 6.26 Å². The number of hydrogen-bond donors (Lipinski definition) is 0. The molecular formula is C19H36O2. The van der Waals surface area contributed by atoms with Crippen molar-refractivity contribution >= 4 is 6.47 Å². The third-order valence-corrected chi connectivity index (χ3v) is 3.95. The second kappa shape index (κ2) is 19.2. The van der Waals surface area contributed by atoms with Crippen LogP contribution in [0.1, 0.15) is 103 Å². The van der Waals surface area contributed by atoms with Crippen molar-refractivity contribution in [2.75, 3.05) is 0 Å². The minimum absolute atomic E-state index is 0.460. The van der Waals surface area contributed by atoms with Crippen LogP contribution >= 0.6 is 0 Å². The van der Waals surface area contributed by atoms with E-state index in [9.17, 15) is 4.79 Å². The molecule has 124 valence electrons. The summed E-state index contributed by atoms with van der Waals surface area (Å²) in [6.45, 7) is 2.74. The first-order valence-corrected chi connectivity index (χ1v) is 9.16. The van der Waals surface area contributed by atoms with E-state index in [0.717, 1.165) is 6.42 Å². The number of carbonyl (C=O) groups is 1. The van der Waals surface area contributed by atoms with Crippen molar-refractivity contribution in [3.63, 3.8) is 0 Å². The van der Waals surface area contributed by atoms with Gasteiger partial charge in [0.15, 0.2) is 0 Å². The predicted molar refractivity (Wildman–Crippen MR) is 91.2 cm³/mol. The average Bonchev–Trinajstić information content (AvgIpc) is 2.50. The van der Waals surface area contributed by atoms with Crippen molar-refractivity contribution in [3.8, 4) is 0 Å². The van der Waals surface area contributed by atoms with Gasteiger partial charge in [-0.15, -0.1) is 0 Å². The summed E-state index contributed by atoms with van der Waals surface area (Å²) in [5, 5.41) is 0. The van der Waals surface area contributed by atoms with Crippen LogP contribution in [0, 0.1) is 0 Å². The average molecular weight is 296 g/mol. The van der Waals surface area contributed by atoms with Crippen molar-refractivity contribution in [3.05, 3.63) is 12.3 Å². The van der Waals surface area contributed by atoms with Gasteiger partial charge in [0.2, 0.25) is 0 Å². The van der Waals surface area contributed by atoms with Crippen molar-refractivity contribution in [1.82, 2.24) is 0 Å². The van der Waals surface area contributed by atoms with Gasteiger partial charge in [0.25, 0.3) is 6.47 Å². The van der Waals surface area contributed by atoms with Gasteiger partial charge >= 0.3 is 0 Å². The van der Waals surface area contributed by atoms with E-state index in [1.807, 2.05) is 6.08 Å². The number of carbonyl (C=O) groups excluding carboxylic acids is 1. The molecule has 0 aliphatic heterocycles. The van der Waals surface area contributed by atoms with Gasteiger partial charge in [-0.3, -0.25) is 4.79 Å². The van der Waals surface area contributed by atoms with E-state index in [1.165, 1.54) is 96.2 Å². The molecule has 0 spiro atoms. The van der Waals surface area contributed by atoms with Crippen LogP contribution in [0.3, 0.4) is 0 Å². The SMILES string of the molecule is CCCCCCCCCCCCCCCC/C=C/OC=O. The summed E-state index contributed by atoms with van der Waals surface area (Å²) >= 11 is 0. The summed E-state index contributed by atoms with van der Waals surface area (Å²) in [5.41, 5.74) is 0. The lowest BCUT2D eigenvalue weighted by molar-refractivity contribution is -0.123. The molecule has 0 atom stereocenters. The van der Waals surface area contributed by atoms with Crippen LogP contribution in [0.4, 0.5) is 0 Å². The molecule has 0 aliphatic carbocycles. The van der Waals surface area contributed by atoms with Gasteiger partial charge in [0, 0.05) is 0 Å². The van der Waals surface area contributed by atoms with Gasteiger partial charge < -0.3 is 4.74 Å². The van der Waals surface area contributed by atoms with Crippen LogP contribution in [0.2, 0.25) is 0 Å². The van der Waals surface area contributed by atoms with Gasteiger partial charge in [-0.05, 0) is 18.9 Å². The van der Waals surface area contributed by atoms with Crippen molar-refractivity contribution < 1.29 is 9.53 Å². The van der Waals surface area contributed by atoms with E-state index < -0.39 is 0 Å². The highest BCUT2D eigenvalue weighted by molar-refractivity contribution is 5.38. The smallest absolute Gasteiger partial charge is 0.297 e. The molecule has 0 aromatic rings. The van der Waals surface area contributed by atoms with Gasteiger partial charge in [-0.1, -0.05) is 90.4 Å². The molecule has 0 fully saturated rings. The fraction of sp³-hybridized carbons (Fsp3) is 0.842. The maximum Gasteiger partial charge on any atom is 0.297 e. The minimum Gasteiger partial charge on any atom is -0.437 e. The molecule has 0 aliphatic rings. The predicted octanol–water partition coefficient (Wildman–Crippen LogP) is 6.54. The molecule has 0 rings (SSSR count). The highest BCUT2D eigenvalue weighted by atomic mass is 16.5. The summed E-state index contributed by atoms with van der Waals surface area (Å²) in [5.74, 6) is 0. The summed E-state index contributed by atoms with van der Waals surface area (Å²) in [7, 11) is 0. The fourth-order valence-corrected chi connectivity index (χ4v) is 2.61. The Kier molecular flexibility index (Phi) is 18.5. The second-order valence-corrected chi connectivity index (χ2v) is 5.99. The second-order valence-electron chi connectivity index (χ2n) is 5.99. The van der Waals surface area contributed by atoms with Crippen LogP contribution in [-0.2, 0) is 9.53 Å². The molecule has 2 heteroatoms. The molecule has 0 heterocycles. The van der Waals surface area contributed by atoms with Gasteiger partial charge in [0.1, 0.15) is 0 Å². The summed E-state index contributed by atoms with van der Waals surface area (Å²) in [6.07, 6.45) is 23.9. The summed E-state index contributed by atoms with van der Waals surface area (Å²) in [4.78, 5) is 9.89. The Bertz CT molecular complexity index is 224. The van der Waals surface area contributed by atoms with E-state index in [2.05, 4.69) is 11.7 Å². The zero-order valence-electron chi connectivity index (χ0n) is 14.2. The molecule has 0 radical (unpaired) electrons. The molecular weight excluding hydrogens is 260 g/mol. The number of rotatable bonds is 17. The molecule has 2 nitrogen and oxygen atoms in total. The lowest BCUT2D eigenvalue weighted by Crippen LogP contribution is -1.83. The van der Waals surface area contributed by atoms with E-state index in [-0.39, 0.29) is 0 Å². The lowest BCUT2D eigenvalue weighted by Gasteiger charge is -2.02. The molecule has 0 saturated carbocycles. The Morgan fingerprint density at radius 1 is 0.667 bits per heavy atom. The number of allylic oxidation sites excluding steroid dienone is 1. The van der Waals surface area contributed by atoms with Gasteiger partial charge in [-0.25, -0.2) is 0 Å². The lowest BCUT2D eigenvalue weighted by atomic mass is 10.0. The highest BCUT2D eigenvalue weighted by Crippen LogP contribution is 2.13. The monoisotopic (exact) mass is 296 g/mol. The van der Waals surface area contributed by atoms with Crippen LogP contribution in [0.25, 0.3) is 0 Å². The van der Waals surface area contributed by atoms with Crippen LogP contribution in [0.5, 0.6) is 0 Å². The largest absolute Gasteiger partial charge is 0.437 e. The van der Waals surface area contributed by atoms with Crippen molar-refractivity contribution in [2.45, 2.75) is 103 Å². The van der Waals surface area contributed by atoms with E-state index in [1.54, 1.807) is 0 Å². The molecule has 0 amide bonds. The third-order valence-electron chi connectivity index (χ3n) is 3.95. The molecule has 21 heavy (non-hydrogen) atoms.